The maximum atomic E-state index is 12.3. The van der Waals surface area contributed by atoms with Crippen molar-refractivity contribution in [1.82, 2.24) is 9.88 Å². The van der Waals surface area contributed by atoms with E-state index in [1.807, 2.05) is 11.0 Å². The number of hydrogen-bond donors (Lipinski definition) is 0. The molecule has 1 amide bonds. The quantitative estimate of drug-likeness (QED) is 0.765. The van der Waals surface area contributed by atoms with Crippen LogP contribution in [-0.4, -0.2) is 28.9 Å². The number of carbonyl (C=O) groups is 1. The molecular formula is C14H21BrN2O. The molecule has 0 spiro atoms. The van der Waals surface area contributed by atoms with E-state index < -0.39 is 0 Å². The molecule has 100 valence electrons. The van der Waals surface area contributed by atoms with Gasteiger partial charge in [0.15, 0.2) is 0 Å². The fourth-order valence-corrected chi connectivity index (χ4v) is 1.91. The Labute approximate surface area is 118 Å². The summed E-state index contributed by atoms with van der Waals surface area (Å²) in [5, 5.41) is 0. The number of nitrogens with zero attached hydrogens (tertiary/aromatic N) is 2. The maximum absolute atomic E-state index is 12.3. The minimum atomic E-state index is 0.0457. The molecule has 0 aliphatic heterocycles. The van der Waals surface area contributed by atoms with Crippen LogP contribution >= 0.6 is 15.9 Å². The summed E-state index contributed by atoms with van der Waals surface area (Å²) in [7, 11) is 0. The molecule has 0 bridgehead atoms. The van der Waals surface area contributed by atoms with Gasteiger partial charge in [-0.3, -0.25) is 4.79 Å². The molecule has 0 saturated heterocycles. The zero-order valence-corrected chi connectivity index (χ0v) is 12.7. The van der Waals surface area contributed by atoms with E-state index in [4.69, 9.17) is 0 Å². The van der Waals surface area contributed by atoms with Gasteiger partial charge in [0.2, 0.25) is 0 Å². The Hall–Kier alpha value is -0.900. The lowest BCUT2D eigenvalue weighted by Crippen LogP contribution is -2.33. The highest BCUT2D eigenvalue weighted by Crippen LogP contribution is 2.10. The van der Waals surface area contributed by atoms with Gasteiger partial charge in [0.05, 0.1) is 0 Å². The SMILES string of the molecule is CCCCN(CCCC)C(=O)c1ccc(Br)cn1. The first-order valence-corrected chi connectivity index (χ1v) is 7.39. The lowest BCUT2D eigenvalue weighted by atomic mass is 10.2. The van der Waals surface area contributed by atoms with Crippen LogP contribution in [0.5, 0.6) is 0 Å². The van der Waals surface area contributed by atoms with Crippen molar-refractivity contribution in [1.29, 1.82) is 0 Å². The molecule has 0 aliphatic rings. The molecule has 0 fully saturated rings. The van der Waals surface area contributed by atoms with E-state index >= 15 is 0 Å². The van der Waals surface area contributed by atoms with E-state index in [2.05, 4.69) is 34.8 Å². The topological polar surface area (TPSA) is 33.2 Å². The van der Waals surface area contributed by atoms with Crippen molar-refractivity contribution in [3.63, 3.8) is 0 Å². The molecule has 0 radical (unpaired) electrons. The fraction of sp³-hybridized carbons (Fsp3) is 0.571. The van der Waals surface area contributed by atoms with Crippen LogP contribution in [0.15, 0.2) is 22.8 Å². The molecule has 1 aromatic rings. The molecule has 1 rings (SSSR count). The number of unbranched alkanes of at least 4 members (excludes halogenated alkanes) is 2. The van der Waals surface area contributed by atoms with E-state index in [0.29, 0.717) is 5.69 Å². The van der Waals surface area contributed by atoms with Gasteiger partial charge in [0.25, 0.3) is 5.91 Å². The smallest absolute Gasteiger partial charge is 0.272 e. The van der Waals surface area contributed by atoms with Gasteiger partial charge in [-0.05, 0) is 40.9 Å². The van der Waals surface area contributed by atoms with Crippen LogP contribution in [0.4, 0.5) is 0 Å². The number of pyridine rings is 1. The Bertz CT molecular complexity index is 357. The summed E-state index contributed by atoms with van der Waals surface area (Å²) in [5.74, 6) is 0.0457. The zero-order chi connectivity index (χ0) is 13.4. The molecule has 1 aromatic heterocycles. The summed E-state index contributed by atoms with van der Waals surface area (Å²) in [4.78, 5) is 18.4. The second-order valence-electron chi connectivity index (χ2n) is 4.36. The Morgan fingerprint density at radius 3 is 2.28 bits per heavy atom. The Morgan fingerprint density at radius 1 is 1.22 bits per heavy atom. The lowest BCUT2D eigenvalue weighted by Gasteiger charge is -2.21. The van der Waals surface area contributed by atoms with Gasteiger partial charge in [-0.25, -0.2) is 4.98 Å². The van der Waals surface area contributed by atoms with Crippen molar-refractivity contribution in [2.24, 2.45) is 0 Å². The maximum Gasteiger partial charge on any atom is 0.272 e. The molecule has 0 unspecified atom stereocenters. The summed E-state index contributed by atoms with van der Waals surface area (Å²) in [6.07, 6.45) is 5.97. The molecule has 4 heteroatoms. The highest BCUT2D eigenvalue weighted by molar-refractivity contribution is 9.10. The number of carbonyl (C=O) groups excluding carboxylic acids is 1. The lowest BCUT2D eigenvalue weighted by molar-refractivity contribution is 0.0745. The Morgan fingerprint density at radius 2 is 1.83 bits per heavy atom. The van der Waals surface area contributed by atoms with Gasteiger partial charge in [0, 0.05) is 23.8 Å². The predicted octanol–water partition coefficient (Wildman–Crippen LogP) is 3.89. The van der Waals surface area contributed by atoms with Gasteiger partial charge in [-0.2, -0.15) is 0 Å². The van der Waals surface area contributed by atoms with Crippen LogP contribution in [0, 0.1) is 0 Å². The highest BCUT2D eigenvalue weighted by Gasteiger charge is 2.15. The normalized spacial score (nSPS) is 10.4. The average molecular weight is 313 g/mol. The third-order valence-corrected chi connectivity index (χ3v) is 3.27. The summed E-state index contributed by atoms with van der Waals surface area (Å²) >= 11 is 3.33. The predicted molar refractivity (Wildman–Crippen MR) is 77.7 cm³/mol. The molecule has 0 atom stereocenters. The van der Waals surface area contributed by atoms with E-state index in [0.717, 1.165) is 43.2 Å². The molecule has 1 heterocycles. The first kappa shape index (κ1) is 15.2. The van der Waals surface area contributed by atoms with Crippen molar-refractivity contribution in [3.8, 4) is 0 Å². The van der Waals surface area contributed by atoms with E-state index in [-0.39, 0.29) is 5.91 Å². The van der Waals surface area contributed by atoms with E-state index in [1.54, 1.807) is 12.3 Å². The van der Waals surface area contributed by atoms with Crippen molar-refractivity contribution in [2.45, 2.75) is 39.5 Å². The number of rotatable bonds is 7. The van der Waals surface area contributed by atoms with Gasteiger partial charge in [-0.1, -0.05) is 26.7 Å². The number of aromatic nitrogens is 1. The highest BCUT2D eigenvalue weighted by atomic mass is 79.9. The molecular weight excluding hydrogens is 292 g/mol. The average Bonchev–Trinajstić information content (AvgIpc) is 2.39. The van der Waals surface area contributed by atoms with E-state index in [1.165, 1.54) is 0 Å². The van der Waals surface area contributed by atoms with Crippen LogP contribution in [0.25, 0.3) is 0 Å². The van der Waals surface area contributed by atoms with Crippen LogP contribution < -0.4 is 0 Å². The molecule has 0 aromatic carbocycles. The third kappa shape index (κ3) is 4.77. The zero-order valence-electron chi connectivity index (χ0n) is 11.2. The second kappa shape index (κ2) is 8.25. The van der Waals surface area contributed by atoms with Crippen molar-refractivity contribution < 1.29 is 4.79 Å². The van der Waals surface area contributed by atoms with Crippen LogP contribution in [0.3, 0.4) is 0 Å². The summed E-state index contributed by atoms with van der Waals surface area (Å²) in [6.45, 7) is 5.93. The first-order valence-electron chi connectivity index (χ1n) is 6.59. The summed E-state index contributed by atoms with van der Waals surface area (Å²) in [5.41, 5.74) is 0.533. The Balaban J connectivity index is 2.70. The first-order chi connectivity index (χ1) is 8.69. The second-order valence-corrected chi connectivity index (χ2v) is 5.28. The minimum absolute atomic E-state index is 0.0457. The molecule has 0 aliphatic carbocycles. The van der Waals surface area contributed by atoms with Crippen molar-refractivity contribution in [3.05, 3.63) is 28.5 Å². The van der Waals surface area contributed by atoms with Crippen molar-refractivity contribution >= 4 is 21.8 Å². The summed E-state index contributed by atoms with van der Waals surface area (Å²) in [6, 6.07) is 3.63. The number of hydrogen-bond acceptors (Lipinski definition) is 2. The van der Waals surface area contributed by atoms with Gasteiger partial charge >= 0.3 is 0 Å². The van der Waals surface area contributed by atoms with Crippen LogP contribution in [0.2, 0.25) is 0 Å². The largest absolute Gasteiger partial charge is 0.337 e. The van der Waals surface area contributed by atoms with E-state index in [9.17, 15) is 4.79 Å². The van der Waals surface area contributed by atoms with Crippen LogP contribution in [-0.2, 0) is 0 Å². The van der Waals surface area contributed by atoms with Crippen LogP contribution in [0.1, 0.15) is 50.0 Å². The molecule has 0 saturated carbocycles. The summed E-state index contributed by atoms with van der Waals surface area (Å²) < 4.78 is 0.896. The molecule has 0 N–H and O–H groups in total. The third-order valence-electron chi connectivity index (χ3n) is 2.80. The Kier molecular flexibility index (Phi) is 6.94. The van der Waals surface area contributed by atoms with Gasteiger partial charge in [0.1, 0.15) is 5.69 Å². The monoisotopic (exact) mass is 312 g/mol. The number of halogens is 1. The van der Waals surface area contributed by atoms with Gasteiger partial charge < -0.3 is 4.90 Å². The number of amides is 1. The molecule has 3 nitrogen and oxygen atoms in total. The van der Waals surface area contributed by atoms with Gasteiger partial charge in [-0.15, -0.1) is 0 Å². The standard InChI is InChI=1S/C14H21BrN2O/c1-3-5-9-17(10-6-4-2)14(18)13-8-7-12(15)11-16-13/h7-8,11H,3-6,9-10H2,1-2H3. The molecule has 18 heavy (non-hydrogen) atoms. The minimum Gasteiger partial charge on any atom is -0.337 e. The van der Waals surface area contributed by atoms with Crippen molar-refractivity contribution in [2.75, 3.05) is 13.1 Å². The fourth-order valence-electron chi connectivity index (χ4n) is 1.68.